The van der Waals surface area contributed by atoms with Crippen molar-refractivity contribution >= 4 is 28.7 Å². The van der Waals surface area contributed by atoms with Crippen molar-refractivity contribution in [1.29, 1.82) is 0 Å². The van der Waals surface area contributed by atoms with Gasteiger partial charge in [-0.2, -0.15) is 0 Å². The van der Waals surface area contributed by atoms with Crippen LogP contribution in [0.1, 0.15) is 33.1 Å². The number of carboxylic acid groups (broad SMARTS) is 1. The summed E-state index contributed by atoms with van der Waals surface area (Å²) in [6.45, 7) is 4.62. The summed E-state index contributed by atoms with van der Waals surface area (Å²) in [7, 11) is 3.75. The van der Waals surface area contributed by atoms with E-state index in [1.165, 1.54) is 6.33 Å². The first-order valence-electron chi connectivity index (χ1n) is 11.7. The maximum Gasteiger partial charge on any atom is 0.335 e. The molecule has 11 heteroatoms. The Morgan fingerprint density at radius 1 is 1.14 bits per heavy atom. The maximum absolute atomic E-state index is 13.0. The van der Waals surface area contributed by atoms with Crippen LogP contribution in [0.5, 0.6) is 0 Å². The largest absolute Gasteiger partial charge is 0.478 e. The monoisotopic (exact) mass is 479 g/mol. The van der Waals surface area contributed by atoms with Crippen LogP contribution in [-0.4, -0.2) is 99.3 Å². The lowest BCUT2D eigenvalue weighted by atomic mass is 10.1. The molecule has 2 aromatic heterocycles. The zero-order chi connectivity index (χ0) is 24.5. The predicted octanol–water partition coefficient (Wildman–Crippen LogP) is 1.34. The molecule has 0 aliphatic carbocycles. The Hall–Kier alpha value is -3.57. The van der Waals surface area contributed by atoms with Crippen LogP contribution in [0.4, 0.5) is 5.82 Å². The Bertz CT molecular complexity index is 1250. The SMILES string of the molecule is CN(C)c1cc(C(=O)N2CCN(Cc3nc4ccc(C(=O)O)cc4n3CC3CCO3)CC2)ncn1. The van der Waals surface area contributed by atoms with E-state index < -0.39 is 5.97 Å². The van der Waals surface area contributed by atoms with Crippen molar-refractivity contribution in [1.82, 2.24) is 29.3 Å². The van der Waals surface area contributed by atoms with Gasteiger partial charge < -0.3 is 24.2 Å². The minimum Gasteiger partial charge on any atom is -0.478 e. The number of ether oxygens (including phenoxy) is 1. The van der Waals surface area contributed by atoms with Gasteiger partial charge in [-0.25, -0.2) is 19.7 Å². The molecule has 1 aromatic carbocycles. The number of carbonyl (C=O) groups is 2. The van der Waals surface area contributed by atoms with E-state index >= 15 is 0 Å². The molecule has 1 amide bonds. The molecule has 0 spiro atoms. The third kappa shape index (κ3) is 4.82. The molecule has 11 nitrogen and oxygen atoms in total. The smallest absolute Gasteiger partial charge is 0.335 e. The number of nitrogens with zero attached hydrogens (tertiary/aromatic N) is 7. The standard InChI is InChI=1S/C24H29N7O4/c1-28(2)21-12-19(25-15-26-21)23(32)30-8-6-29(7-9-30)14-22-27-18-4-3-16(24(33)34)11-20(18)31(22)13-17-5-10-35-17/h3-4,11-12,15,17H,5-10,13-14H2,1-2H3,(H,33,34). The van der Waals surface area contributed by atoms with E-state index in [9.17, 15) is 14.7 Å². The highest BCUT2D eigenvalue weighted by atomic mass is 16.5. The second-order valence-electron chi connectivity index (χ2n) is 9.15. The lowest BCUT2D eigenvalue weighted by Crippen LogP contribution is -2.48. The first-order chi connectivity index (χ1) is 16.9. The molecular weight excluding hydrogens is 450 g/mol. The molecule has 1 atom stereocenters. The minimum atomic E-state index is -0.955. The second kappa shape index (κ2) is 9.59. The lowest BCUT2D eigenvalue weighted by Gasteiger charge is -2.34. The van der Waals surface area contributed by atoms with Gasteiger partial charge in [0.2, 0.25) is 0 Å². The van der Waals surface area contributed by atoms with Gasteiger partial charge in [-0.15, -0.1) is 0 Å². The summed E-state index contributed by atoms with van der Waals surface area (Å²) in [5, 5.41) is 9.43. The second-order valence-corrected chi connectivity index (χ2v) is 9.15. The van der Waals surface area contributed by atoms with Crippen molar-refractivity contribution in [2.45, 2.75) is 25.6 Å². The van der Waals surface area contributed by atoms with E-state index in [1.807, 2.05) is 23.9 Å². The molecule has 2 fully saturated rings. The highest BCUT2D eigenvalue weighted by Crippen LogP contribution is 2.23. The van der Waals surface area contributed by atoms with Crippen LogP contribution in [0, 0.1) is 0 Å². The molecule has 0 radical (unpaired) electrons. The number of aromatic carboxylic acids is 1. The fourth-order valence-corrected chi connectivity index (χ4v) is 4.44. The summed E-state index contributed by atoms with van der Waals surface area (Å²) < 4.78 is 7.74. The topological polar surface area (TPSA) is 117 Å². The van der Waals surface area contributed by atoms with E-state index in [2.05, 4.69) is 19.4 Å². The lowest BCUT2D eigenvalue weighted by molar-refractivity contribution is -0.0592. The number of aromatic nitrogens is 4. The molecule has 184 valence electrons. The zero-order valence-corrected chi connectivity index (χ0v) is 19.9. The molecule has 3 aromatic rings. The Morgan fingerprint density at radius 3 is 2.57 bits per heavy atom. The zero-order valence-electron chi connectivity index (χ0n) is 19.9. The highest BCUT2D eigenvalue weighted by molar-refractivity contribution is 5.93. The third-order valence-electron chi connectivity index (χ3n) is 6.61. The number of rotatable bonds is 7. The summed E-state index contributed by atoms with van der Waals surface area (Å²) >= 11 is 0. The molecule has 4 heterocycles. The molecule has 5 rings (SSSR count). The van der Waals surface area contributed by atoms with Crippen molar-refractivity contribution in [3.8, 4) is 0 Å². The number of fused-ring (bicyclic) bond motifs is 1. The molecule has 0 bridgehead atoms. The number of benzene rings is 1. The van der Waals surface area contributed by atoms with Gasteiger partial charge in [-0.1, -0.05) is 0 Å². The van der Waals surface area contributed by atoms with Crippen molar-refractivity contribution in [2.24, 2.45) is 0 Å². The molecule has 2 aliphatic heterocycles. The quantitative estimate of drug-likeness (QED) is 0.536. The Labute approximate surface area is 202 Å². The van der Waals surface area contributed by atoms with E-state index in [1.54, 1.807) is 24.3 Å². The first-order valence-corrected chi connectivity index (χ1v) is 11.7. The van der Waals surface area contributed by atoms with Crippen LogP contribution in [-0.2, 0) is 17.8 Å². The molecule has 35 heavy (non-hydrogen) atoms. The summed E-state index contributed by atoms with van der Waals surface area (Å²) in [5.74, 6) is 0.528. The average Bonchev–Trinajstić information content (AvgIpc) is 3.17. The van der Waals surface area contributed by atoms with Crippen molar-refractivity contribution in [2.75, 3.05) is 51.8 Å². The maximum atomic E-state index is 13.0. The molecule has 0 saturated carbocycles. The number of imidazole rings is 1. The van der Waals surface area contributed by atoms with Gasteiger partial charge in [-0.3, -0.25) is 9.69 Å². The summed E-state index contributed by atoms with van der Waals surface area (Å²) in [6.07, 6.45) is 2.52. The Kier molecular flexibility index (Phi) is 6.35. The van der Waals surface area contributed by atoms with E-state index in [4.69, 9.17) is 9.72 Å². The van der Waals surface area contributed by atoms with Crippen molar-refractivity contribution < 1.29 is 19.4 Å². The normalized spacial score (nSPS) is 18.5. The molecule has 1 N–H and O–H groups in total. The van der Waals surface area contributed by atoms with E-state index in [0.717, 1.165) is 29.9 Å². The van der Waals surface area contributed by atoms with Crippen LogP contribution >= 0.6 is 0 Å². The molecule has 2 saturated heterocycles. The predicted molar refractivity (Wildman–Crippen MR) is 129 cm³/mol. The number of hydrogen-bond acceptors (Lipinski definition) is 8. The van der Waals surface area contributed by atoms with Gasteiger partial charge in [0.05, 0.1) is 35.8 Å². The van der Waals surface area contributed by atoms with Crippen LogP contribution in [0.3, 0.4) is 0 Å². The van der Waals surface area contributed by atoms with Gasteiger partial charge in [0.25, 0.3) is 5.91 Å². The first kappa shape index (κ1) is 23.2. The van der Waals surface area contributed by atoms with Gasteiger partial charge in [0, 0.05) is 52.9 Å². The number of carbonyl (C=O) groups excluding carboxylic acids is 1. The fraction of sp³-hybridized carbons (Fsp3) is 0.458. The van der Waals surface area contributed by atoms with E-state index in [-0.39, 0.29) is 17.6 Å². The number of carboxylic acids is 1. The van der Waals surface area contributed by atoms with Crippen molar-refractivity contribution in [3.63, 3.8) is 0 Å². The summed E-state index contributed by atoms with van der Waals surface area (Å²) in [4.78, 5) is 43.6. The minimum absolute atomic E-state index is 0.0919. The van der Waals surface area contributed by atoms with Gasteiger partial charge in [-0.05, 0) is 24.6 Å². The summed E-state index contributed by atoms with van der Waals surface area (Å²) in [5.41, 5.74) is 2.23. The number of amides is 1. The number of hydrogen-bond donors (Lipinski definition) is 1. The van der Waals surface area contributed by atoms with Crippen molar-refractivity contribution in [3.05, 3.63) is 47.7 Å². The van der Waals surface area contributed by atoms with Gasteiger partial charge in [0.15, 0.2) is 0 Å². The average molecular weight is 480 g/mol. The molecule has 1 unspecified atom stereocenters. The molecular formula is C24H29N7O4. The Balaban J connectivity index is 1.29. The third-order valence-corrected chi connectivity index (χ3v) is 6.61. The van der Waals surface area contributed by atoms with Gasteiger partial charge in [0.1, 0.15) is 23.7 Å². The van der Waals surface area contributed by atoms with Crippen LogP contribution in [0.25, 0.3) is 11.0 Å². The fourth-order valence-electron chi connectivity index (χ4n) is 4.44. The number of piperazine rings is 1. The number of anilines is 1. The van der Waals surface area contributed by atoms with Crippen LogP contribution < -0.4 is 4.90 Å². The van der Waals surface area contributed by atoms with Crippen LogP contribution in [0.2, 0.25) is 0 Å². The van der Waals surface area contributed by atoms with Crippen LogP contribution in [0.15, 0.2) is 30.6 Å². The van der Waals surface area contributed by atoms with E-state index in [0.29, 0.717) is 50.8 Å². The summed E-state index contributed by atoms with van der Waals surface area (Å²) in [6, 6.07) is 6.75. The molecule has 2 aliphatic rings. The highest BCUT2D eigenvalue weighted by Gasteiger charge is 2.26. The Morgan fingerprint density at radius 2 is 1.91 bits per heavy atom. The van der Waals surface area contributed by atoms with Gasteiger partial charge >= 0.3 is 5.97 Å².